The third-order valence-corrected chi connectivity index (χ3v) is 7.77. The molecular formula is C22H32N4O3S. The van der Waals surface area contributed by atoms with Gasteiger partial charge in [-0.15, -0.1) is 0 Å². The van der Waals surface area contributed by atoms with Crippen molar-refractivity contribution < 1.29 is 13.2 Å². The van der Waals surface area contributed by atoms with E-state index in [1.165, 1.54) is 24.3 Å². The highest BCUT2D eigenvalue weighted by atomic mass is 32.2. The van der Waals surface area contributed by atoms with Crippen molar-refractivity contribution in [1.82, 2.24) is 14.5 Å². The fraction of sp³-hybridized carbons (Fsp3) is 0.636. The first-order chi connectivity index (χ1) is 14.1. The van der Waals surface area contributed by atoms with E-state index in [2.05, 4.69) is 30.4 Å². The zero-order chi connectivity index (χ0) is 21.9. The van der Waals surface area contributed by atoms with Crippen molar-refractivity contribution in [2.45, 2.75) is 62.9 Å². The van der Waals surface area contributed by atoms with E-state index in [4.69, 9.17) is 5.26 Å². The molecule has 1 saturated carbocycles. The van der Waals surface area contributed by atoms with Gasteiger partial charge in [0.2, 0.25) is 15.9 Å². The monoisotopic (exact) mass is 432 g/mol. The molecule has 1 amide bonds. The second-order valence-corrected chi connectivity index (χ2v) is 11.0. The number of carbonyl (C=O) groups excluding carboxylic acids is 1. The van der Waals surface area contributed by atoms with Gasteiger partial charge >= 0.3 is 0 Å². The molecule has 0 aromatic heterocycles. The van der Waals surface area contributed by atoms with Gasteiger partial charge in [-0.3, -0.25) is 9.69 Å². The van der Waals surface area contributed by atoms with Crippen LogP contribution in [0.5, 0.6) is 0 Å². The lowest BCUT2D eigenvalue weighted by molar-refractivity contribution is -0.139. The number of nitrogens with zero attached hydrogens (tertiary/aromatic N) is 3. The van der Waals surface area contributed by atoms with Crippen molar-refractivity contribution in [3.63, 3.8) is 0 Å². The van der Waals surface area contributed by atoms with E-state index in [0.717, 1.165) is 26.2 Å². The highest BCUT2D eigenvalue weighted by Crippen LogP contribution is 2.28. The Labute approximate surface area is 180 Å². The van der Waals surface area contributed by atoms with Gasteiger partial charge in [-0.2, -0.15) is 5.26 Å². The van der Waals surface area contributed by atoms with Gasteiger partial charge < -0.3 is 4.90 Å². The maximum Gasteiger partial charge on any atom is 0.240 e. The van der Waals surface area contributed by atoms with E-state index in [1.807, 2.05) is 11.0 Å². The first-order valence-electron chi connectivity index (χ1n) is 10.7. The number of nitriles is 1. The third-order valence-electron chi connectivity index (χ3n) is 6.23. The Morgan fingerprint density at radius 3 is 2.10 bits per heavy atom. The summed E-state index contributed by atoms with van der Waals surface area (Å²) >= 11 is 0. The second kappa shape index (κ2) is 9.04. The summed E-state index contributed by atoms with van der Waals surface area (Å²) in [4.78, 5) is 17.5. The van der Waals surface area contributed by atoms with Crippen LogP contribution in [-0.2, 0) is 14.8 Å². The van der Waals surface area contributed by atoms with Crippen LogP contribution in [-0.4, -0.2) is 61.9 Å². The molecule has 8 heteroatoms. The highest BCUT2D eigenvalue weighted by molar-refractivity contribution is 7.89. The van der Waals surface area contributed by atoms with Gasteiger partial charge in [0.1, 0.15) is 0 Å². The standard InChI is InChI=1S/C22H32N4O3S/c1-22(2,3)26-14-12-25(13-15-26)21(27)18-6-8-19(9-7-18)24-30(28,29)20-10-4-17(16-23)5-11-20/h4-5,10-11,18-19,24H,6-9,12-15H2,1-3H3/t18-,19-. The third kappa shape index (κ3) is 5.39. The van der Waals surface area contributed by atoms with E-state index < -0.39 is 10.0 Å². The fourth-order valence-corrected chi connectivity index (χ4v) is 5.62. The van der Waals surface area contributed by atoms with Gasteiger partial charge in [0.15, 0.2) is 0 Å². The minimum atomic E-state index is -3.62. The molecule has 0 bridgehead atoms. The number of hydrogen-bond acceptors (Lipinski definition) is 5. The second-order valence-electron chi connectivity index (χ2n) is 9.29. The lowest BCUT2D eigenvalue weighted by atomic mass is 9.85. The minimum absolute atomic E-state index is 0.0122. The van der Waals surface area contributed by atoms with Crippen molar-refractivity contribution >= 4 is 15.9 Å². The fourth-order valence-electron chi connectivity index (χ4n) is 4.31. The summed E-state index contributed by atoms with van der Waals surface area (Å²) in [5.74, 6) is 0.207. The van der Waals surface area contributed by atoms with Crippen LogP contribution >= 0.6 is 0 Å². The molecule has 0 radical (unpaired) electrons. The van der Waals surface area contributed by atoms with Gasteiger partial charge in [-0.25, -0.2) is 13.1 Å². The van der Waals surface area contributed by atoms with Crippen LogP contribution in [0.1, 0.15) is 52.0 Å². The normalized spacial score (nSPS) is 23.7. The van der Waals surface area contributed by atoms with E-state index >= 15 is 0 Å². The molecular weight excluding hydrogens is 400 g/mol. The topological polar surface area (TPSA) is 93.5 Å². The van der Waals surface area contributed by atoms with Crippen molar-refractivity contribution in [3.8, 4) is 6.07 Å². The Morgan fingerprint density at radius 2 is 1.60 bits per heavy atom. The number of piperazine rings is 1. The van der Waals surface area contributed by atoms with Crippen molar-refractivity contribution in [3.05, 3.63) is 29.8 Å². The molecule has 1 aliphatic carbocycles. The summed E-state index contributed by atoms with van der Waals surface area (Å²) in [5.41, 5.74) is 0.551. The molecule has 7 nitrogen and oxygen atoms in total. The van der Waals surface area contributed by atoms with Crippen LogP contribution < -0.4 is 4.72 Å². The summed E-state index contributed by atoms with van der Waals surface area (Å²) in [6, 6.07) is 7.74. The Balaban J connectivity index is 1.50. The number of rotatable bonds is 4. The molecule has 0 atom stereocenters. The summed E-state index contributed by atoms with van der Waals surface area (Å²) in [6.07, 6.45) is 2.74. The van der Waals surface area contributed by atoms with Gasteiger partial charge in [-0.1, -0.05) is 0 Å². The first-order valence-corrected chi connectivity index (χ1v) is 12.1. The van der Waals surface area contributed by atoms with Crippen LogP contribution in [0.3, 0.4) is 0 Å². The Hall–Kier alpha value is -1.95. The van der Waals surface area contributed by atoms with Crippen molar-refractivity contribution in [1.29, 1.82) is 5.26 Å². The molecule has 2 aliphatic rings. The molecule has 3 rings (SSSR count). The summed E-state index contributed by atoms with van der Waals surface area (Å²) in [6.45, 7) is 9.92. The van der Waals surface area contributed by atoms with E-state index in [9.17, 15) is 13.2 Å². The van der Waals surface area contributed by atoms with E-state index in [0.29, 0.717) is 31.2 Å². The average molecular weight is 433 g/mol. The van der Waals surface area contributed by atoms with Crippen LogP contribution in [0, 0.1) is 17.2 Å². The summed E-state index contributed by atoms with van der Waals surface area (Å²) in [7, 11) is -3.62. The maximum absolute atomic E-state index is 12.9. The number of carbonyl (C=O) groups is 1. The summed E-state index contributed by atoms with van der Waals surface area (Å²) in [5, 5.41) is 8.86. The number of amides is 1. The van der Waals surface area contributed by atoms with E-state index in [1.54, 1.807) is 0 Å². The lowest BCUT2D eigenvalue weighted by Crippen LogP contribution is -2.55. The Morgan fingerprint density at radius 1 is 1.03 bits per heavy atom. The maximum atomic E-state index is 12.9. The van der Waals surface area contributed by atoms with E-state index in [-0.39, 0.29) is 28.3 Å². The zero-order valence-corrected chi connectivity index (χ0v) is 18.9. The SMILES string of the molecule is CC(C)(C)N1CCN(C(=O)[C@H]2CC[C@H](NS(=O)(=O)c3ccc(C#N)cc3)CC2)CC1. The largest absolute Gasteiger partial charge is 0.340 e. The summed E-state index contributed by atoms with van der Waals surface area (Å²) < 4.78 is 28.0. The van der Waals surface area contributed by atoms with Gasteiger partial charge in [0.25, 0.3) is 0 Å². The predicted octanol–water partition coefficient (Wildman–Crippen LogP) is 2.34. The molecule has 2 fully saturated rings. The molecule has 1 heterocycles. The van der Waals surface area contributed by atoms with Crippen molar-refractivity contribution in [2.75, 3.05) is 26.2 Å². The smallest absolute Gasteiger partial charge is 0.240 e. The van der Waals surface area contributed by atoms with Gasteiger partial charge in [-0.05, 0) is 70.7 Å². The molecule has 1 aliphatic heterocycles. The van der Waals surface area contributed by atoms with Crippen LogP contribution in [0.15, 0.2) is 29.2 Å². The highest BCUT2D eigenvalue weighted by Gasteiger charge is 2.34. The molecule has 1 N–H and O–H groups in total. The van der Waals surface area contributed by atoms with Crippen LogP contribution in [0.2, 0.25) is 0 Å². The first kappa shape index (κ1) is 22.7. The molecule has 1 aromatic carbocycles. The Kier molecular flexibility index (Phi) is 6.85. The Bertz CT molecular complexity index is 884. The number of hydrogen-bond donors (Lipinski definition) is 1. The number of benzene rings is 1. The lowest BCUT2D eigenvalue weighted by Gasteiger charge is -2.43. The zero-order valence-electron chi connectivity index (χ0n) is 18.1. The van der Waals surface area contributed by atoms with Gasteiger partial charge in [0.05, 0.1) is 16.5 Å². The minimum Gasteiger partial charge on any atom is -0.340 e. The average Bonchev–Trinajstić information content (AvgIpc) is 2.73. The van der Waals surface area contributed by atoms with Crippen molar-refractivity contribution in [2.24, 2.45) is 5.92 Å². The predicted molar refractivity (Wildman–Crippen MR) is 115 cm³/mol. The molecule has 1 aromatic rings. The number of nitrogens with one attached hydrogen (secondary N) is 1. The quantitative estimate of drug-likeness (QED) is 0.788. The van der Waals surface area contributed by atoms with Gasteiger partial charge in [0, 0.05) is 43.7 Å². The molecule has 1 saturated heterocycles. The van der Waals surface area contributed by atoms with Crippen LogP contribution in [0.25, 0.3) is 0 Å². The molecule has 30 heavy (non-hydrogen) atoms. The molecule has 0 spiro atoms. The molecule has 164 valence electrons. The van der Waals surface area contributed by atoms with Crippen LogP contribution in [0.4, 0.5) is 0 Å². The molecule has 0 unspecified atom stereocenters. The number of sulfonamides is 1.